The smallest absolute Gasteiger partial charge is 0.267 e. The highest BCUT2D eigenvalue weighted by atomic mass is 35.5. The summed E-state index contributed by atoms with van der Waals surface area (Å²) in [7, 11) is 1.92. The lowest BCUT2D eigenvalue weighted by Gasteiger charge is -2.15. The van der Waals surface area contributed by atoms with Gasteiger partial charge in [0.05, 0.1) is 16.4 Å². The molecule has 1 amide bonds. The van der Waals surface area contributed by atoms with Crippen LogP contribution in [0.5, 0.6) is 0 Å². The number of benzene rings is 2. The summed E-state index contributed by atoms with van der Waals surface area (Å²) in [6.45, 7) is 1.82. The molecule has 0 bridgehead atoms. The summed E-state index contributed by atoms with van der Waals surface area (Å²) in [5.41, 5.74) is 2.19. The van der Waals surface area contributed by atoms with Gasteiger partial charge in [-0.25, -0.2) is 4.98 Å². The molecule has 1 heterocycles. The van der Waals surface area contributed by atoms with E-state index in [9.17, 15) is 4.79 Å². The number of nitrogens with zero attached hydrogens (tertiary/aromatic N) is 2. The Labute approximate surface area is 160 Å². The Morgan fingerprint density at radius 1 is 1.16 bits per heavy atom. The van der Waals surface area contributed by atoms with Crippen molar-refractivity contribution in [2.24, 2.45) is 0 Å². The quantitative estimate of drug-likeness (QED) is 0.612. The lowest BCUT2D eigenvalue weighted by molar-refractivity contribution is 0.103. The molecular weight excluding hydrogens is 377 g/mol. The van der Waals surface area contributed by atoms with Gasteiger partial charge < -0.3 is 10.2 Å². The molecule has 0 unspecified atom stereocenters. The molecule has 0 spiro atoms. The first-order chi connectivity index (χ1) is 12.0. The summed E-state index contributed by atoms with van der Waals surface area (Å²) in [5.74, 6) is -0.244. The molecule has 0 atom stereocenters. The number of thiazole rings is 1. The number of hydrogen-bond donors (Lipinski definition) is 1. The summed E-state index contributed by atoms with van der Waals surface area (Å²) in [4.78, 5) is 19.6. The number of halogens is 2. The molecule has 7 heteroatoms. The third-order valence-electron chi connectivity index (χ3n) is 3.60. The Hall–Kier alpha value is -2.08. The molecule has 1 N–H and O–H groups in total. The molecule has 0 saturated heterocycles. The van der Waals surface area contributed by atoms with Gasteiger partial charge in [-0.3, -0.25) is 4.79 Å². The highest BCUT2D eigenvalue weighted by Gasteiger charge is 2.19. The highest BCUT2D eigenvalue weighted by molar-refractivity contribution is 7.17. The summed E-state index contributed by atoms with van der Waals surface area (Å²) >= 11 is 13.3. The lowest BCUT2D eigenvalue weighted by atomic mass is 10.3. The number of aromatic nitrogens is 1. The summed E-state index contributed by atoms with van der Waals surface area (Å²) in [5, 5.41) is 4.47. The van der Waals surface area contributed by atoms with Gasteiger partial charge in [-0.1, -0.05) is 52.7 Å². The van der Waals surface area contributed by atoms with E-state index in [4.69, 9.17) is 23.2 Å². The number of rotatable bonds is 4. The Bertz CT molecular complexity index is 912. The van der Waals surface area contributed by atoms with Gasteiger partial charge in [0.2, 0.25) is 0 Å². The van der Waals surface area contributed by atoms with Gasteiger partial charge in [0, 0.05) is 17.8 Å². The third kappa shape index (κ3) is 3.95. The number of nitrogens with one attached hydrogen (secondary N) is 1. The van der Waals surface area contributed by atoms with Crippen LogP contribution in [0.4, 0.5) is 16.5 Å². The van der Waals surface area contributed by atoms with Gasteiger partial charge in [-0.15, -0.1) is 0 Å². The number of amides is 1. The summed E-state index contributed by atoms with van der Waals surface area (Å²) < 4.78 is 0. The predicted octanol–water partition coefficient (Wildman–Crippen LogP) is 5.78. The average molecular weight is 392 g/mol. The first-order valence-corrected chi connectivity index (χ1v) is 9.05. The van der Waals surface area contributed by atoms with E-state index >= 15 is 0 Å². The molecule has 0 saturated carbocycles. The first kappa shape index (κ1) is 17.7. The Morgan fingerprint density at radius 2 is 1.88 bits per heavy atom. The Kier molecular flexibility index (Phi) is 5.27. The van der Waals surface area contributed by atoms with Crippen molar-refractivity contribution in [2.75, 3.05) is 17.3 Å². The minimum Gasteiger partial charge on any atom is -0.321 e. The Balaban J connectivity index is 1.83. The second-order valence-electron chi connectivity index (χ2n) is 5.38. The van der Waals surface area contributed by atoms with Gasteiger partial charge in [0.25, 0.3) is 5.91 Å². The van der Waals surface area contributed by atoms with Crippen LogP contribution in [0.3, 0.4) is 0 Å². The number of aryl methyl sites for hydroxylation is 1. The van der Waals surface area contributed by atoms with Crippen LogP contribution in [0.15, 0.2) is 48.5 Å². The normalized spacial score (nSPS) is 10.6. The number of hydrogen-bond acceptors (Lipinski definition) is 4. The van der Waals surface area contributed by atoms with Gasteiger partial charge in [-0.05, 0) is 37.3 Å². The van der Waals surface area contributed by atoms with Crippen LogP contribution in [0.25, 0.3) is 0 Å². The van der Waals surface area contributed by atoms with Crippen LogP contribution < -0.4 is 10.2 Å². The summed E-state index contributed by atoms with van der Waals surface area (Å²) in [6.07, 6.45) is 0. The molecule has 2 aromatic carbocycles. The van der Waals surface area contributed by atoms with E-state index in [-0.39, 0.29) is 5.91 Å². The lowest BCUT2D eigenvalue weighted by Crippen LogP contribution is -2.11. The third-order valence-corrected chi connectivity index (χ3v) is 5.38. The second-order valence-corrected chi connectivity index (χ2v) is 7.20. The van der Waals surface area contributed by atoms with Crippen molar-refractivity contribution >= 4 is 57.0 Å². The fraction of sp³-hybridized carbons (Fsp3) is 0.111. The van der Waals surface area contributed by atoms with E-state index in [0.717, 1.165) is 10.8 Å². The number of para-hydroxylation sites is 1. The van der Waals surface area contributed by atoms with Gasteiger partial charge in [0.15, 0.2) is 5.13 Å². The largest absolute Gasteiger partial charge is 0.321 e. The van der Waals surface area contributed by atoms with E-state index in [1.807, 2.05) is 49.2 Å². The first-order valence-electron chi connectivity index (χ1n) is 7.48. The maximum Gasteiger partial charge on any atom is 0.267 e. The SMILES string of the molecule is Cc1nc(N(C)c2ccccc2)sc1C(=O)Nc1ccc(Cl)cc1Cl. The molecule has 0 aliphatic rings. The minimum absolute atomic E-state index is 0.244. The molecule has 3 rings (SSSR count). The molecule has 1 aromatic heterocycles. The molecule has 4 nitrogen and oxygen atoms in total. The van der Waals surface area contributed by atoms with Crippen LogP contribution in [-0.4, -0.2) is 17.9 Å². The van der Waals surface area contributed by atoms with Crippen LogP contribution in [0, 0.1) is 6.92 Å². The molecule has 0 fully saturated rings. The van der Waals surface area contributed by atoms with Gasteiger partial charge >= 0.3 is 0 Å². The molecule has 128 valence electrons. The van der Waals surface area contributed by atoms with E-state index < -0.39 is 0 Å². The van der Waals surface area contributed by atoms with E-state index in [1.165, 1.54) is 11.3 Å². The van der Waals surface area contributed by atoms with Crippen molar-refractivity contribution in [3.05, 3.63) is 69.1 Å². The molecule has 3 aromatic rings. The highest BCUT2D eigenvalue weighted by Crippen LogP contribution is 2.32. The van der Waals surface area contributed by atoms with Gasteiger partial charge in [-0.2, -0.15) is 0 Å². The van der Waals surface area contributed by atoms with Crippen molar-refractivity contribution in [2.45, 2.75) is 6.92 Å². The van der Waals surface area contributed by atoms with E-state index in [2.05, 4.69) is 10.3 Å². The minimum atomic E-state index is -0.244. The maximum absolute atomic E-state index is 12.6. The van der Waals surface area contributed by atoms with Crippen molar-refractivity contribution in [3.63, 3.8) is 0 Å². The molecule has 0 radical (unpaired) electrons. The van der Waals surface area contributed by atoms with Crippen molar-refractivity contribution < 1.29 is 4.79 Å². The van der Waals surface area contributed by atoms with Crippen LogP contribution >= 0.6 is 34.5 Å². The van der Waals surface area contributed by atoms with Gasteiger partial charge in [0.1, 0.15) is 4.88 Å². The van der Waals surface area contributed by atoms with Crippen molar-refractivity contribution in [1.29, 1.82) is 0 Å². The zero-order chi connectivity index (χ0) is 18.0. The monoisotopic (exact) mass is 391 g/mol. The number of anilines is 3. The number of carbonyl (C=O) groups is 1. The average Bonchev–Trinajstić information content (AvgIpc) is 2.99. The van der Waals surface area contributed by atoms with Crippen LogP contribution in [0.1, 0.15) is 15.4 Å². The Morgan fingerprint density at radius 3 is 2.56 bits per heavy atom. The topological polar surface area (TPSA) is 45.2 Å². The predicted molar refractivity (Wildman–Crippen MR) is 106 cm³/mol. The van der Waals surface area contributed by atoms with Crippen molar-refractivity contribution in [1.82, 2.24) is 4.98 Å². The molecule has 25 heavy (non-hydrogen) atoms. The van der Waals surface area contributed by atoms with E-state index in [0.29, 0.717) is 26.3 Å². The molecular formula is C18H15Cl2N3OS. The second kappa shape index (κ2) is 7.44. The molecule has 0 aliphatic heterocycles. The zero-order valence-electron chi connectivity index (χ0n) is 13.6. The number of carbonyl (C=O) groups excluding carboxylic acids is 1. The van der Waals surface area contributed by atoms with Crippen molar-refractivity contribution in [3.8, 4) is 0 Å². The standard InChI is InChI=1S/C18H15Cl2N3OS/c1-11-16(17(24)22-15-9-8-12(19)10-14(15)20)25-18(21-11)23(2)13-6-4-3-5-7-13/h3-10H,1-2H3,(H,22,24). The maximum atomic E-state index is 12.6. The van der Waals surface area contributed by atoms with Crippen LogP contribution in [-0.2, 0) is 0 Å². The van der Waals surface area contributed by atoms with E-state index in [1.54, 1.807) is 18.2 Å². The zero-order valence-corrected chi connectivity index (χ0v) is 15.9. The fourth-order valence-corrected chi connectivity index (χ4v) is 3.67. The van der Waals surface area contributed by atoms with Crippen LogP contribution in [0.2, 0.25) is 10.0 Å². The summed E-state index contributed by atoms with van der Waals surface area (Å²) in [6, 6.07) is 14.8. The molecule has 0 aliphatic carbocycles. The fourth-order valence-electron chi connectivity index (χ4n) is 2.27.